The Morgan fingerprint density at radius 3 is 2.28 bits per heavy atom. The Balaban J connectivity index is 2.45. The number of pyridine rings is 2. The van der Waals surface area contributed by atoms with Gasteiger partial charge in [0.15, 0.2) is 0 Å². The molecule has 0 saturated carbocycles. The van der Waals surface area contributed by atoms with E-state index in [0.717, 1.165) is 12.3 Å². The molecule has 2 rings (SSSR count). The van der Waals surface area contributed by atoms with Crippen LogP contribution < -0.4 is 0 Å². The van der Waals surface area contributed by atoms with Gasteiger partial charge in [-0.25, -0.2) is 9.37 Å². The Bertz CT molecular complexity index is 561. The summed E-state index contributed by atoms with van der Waals surface area (Å²) in [6.45, 7) is 1.45. The average Bonchev–Trinajstić information content (AvgIpc) is 2.29. The lowest BCUT2D eigenvalue weighted by Crippen LogP contribution is -2.09. The zero-order valence-corrected chi connectivity index (χ0v) is 9.29. The van der Waals surface area contributed by atoms with Crippen molar-refractivity contribution in [1.29, 1.82) is 0 Å². The summed E-state index contributed by atoms with van der Waals surface area (Å²) in [5.74, 6) is -0.503. The van der Waals surface area contributed by atoms with E-state index < -0.39 is 17.7 Å². The van der Waals surface area contributed by atoms with E-state index in [9.17, 15) is 17.6 Å². The molecule has 0 aliphatic carbocycles. The summed E-state index contributed by atoms with van der Waals surface area (Å²) >= 11 is 0. The second-order valence-corrected chi connectivity index (χ2v) is 3.69. The van der Waals surface area contributed by atoms with Crippen molar-refractivity contribution in [2.45, 2.75) is 13.1 Å². The Hall–Kier alpha value is -1.98. The molecule has 0 radical (unpaired) electrons. The van der Waals surface area contributed by atoms with Gasteiger partial charge in [-0.3, -0.25) is 4.98 Å². The van der Waals surface area contributed by atoms with Crippen molar-refractivity contribution in [2.24, 2.45) is 0 Å². The topological polar surface area (TPSA) is 25.8 Å². The minimum atomic E-state index is -4.47. The Morgan fingerprint density at radius 2 is 1.78 bits per heavy atom. The Morgan fingerprint density at radius 1 is 1.06 bits per heavy atom. The van der Waals surface area contributed by atoms with Crippen LogP contribution in [0.1, 0.15) is 11.4 Å². The Kier molecular flexibility index (Phi) is 3.02. The van der Waals surface area contributed by atoms with Crippen LogP contribution in [0.15, 0.2) is 30.5 Å². The highest BCUT2D eigenvalue weighted by molar-refractivity contribution is 5.61. The molecule has 6 heteroatoms. The van der Waals surface area contributed by atoms with E-state index in [1.165, 1.54) is 25.1 Å². The van der Waals surface area contributed by atoms with Crippen LogP contribution in [-0.2, 0) is 6.18 Å². The first-order valence-corrected chi connectivity index (χ1v) is 5.04. The number of aryl methyl sites for hydroxylation is 1. The van der Waals surface area contributed by atoms with Gasteiger partial charge in [0.1, 0.15) is 11.5 Å². The fourth-order valence-electron chi connectivity index (χ4n) is 1.52. The molecule has 0 aliphatic rings. The molecule has 94 valence electrons. The molecule has 0 unspecified atom stereocenters. The normalized spacial score (nSPS) is 11.6. The summed E-state index contributed by atoms with van der Waals surface area (Å²) < 4.78 is 50.0. The lowest BCUT2D eigenvalue weighted by molar-refractivity contribution is -0.141. The van der Waals surface area contributed by atoms with Gasteiger partial charge in [-0.05, 0) is 31.2 Å². The van der Waals surface area contributed by atoms with Crippen LogP contribution in [0.5, 0.6) is 0 Å². The molecule has 0 aromatic carbocycles. The second-order valence-electron chi connectivity index (χ2n) is 3.69. The summed E-state index contributed by atoms with van der Waals surface area (Å²) in [6.07, 6.45) is -3.47. The van der Waals surface area contributed by atoms with Crippen LogP contribution in [0.25, 0.3) is 11.3 Å². The summed E-state index contributed by atoms with van der Waals surface area (Å²) in [6, 6.07) is 4.75. The SMILES string of the molecule is Cc1nc(C(F)(F)F)ccc1-c1ccc(F)cn1. The molecule has 0 N–H and O–H groups in total. The largest absolute Gasteiger partial charge is 0.433 e. The number of rotatable bonds is 1. The van der Waals surface area contributed by atoms with E-state index in [4.69, 9.17) is 0 Å². The summed E-state index contributed by atoms with van der Waals surface area (Å²) in [4.78, 5) is 7.29. The first kappa shape index (κ1) is 12.5. The second kappa shape index (κ2) is 4.36. The number of alkyl halides is 3. The highest BCUT2D eigenvalue weighted by Gasteiger charge is 2.32. The third-order valence-electron chi connectivity index (χ3n) is 2.38. The van der Waals surface area contributed by atoms with Crippen molar-refractivity contribution in [3.05, 3.63) is 47.7 Å². The van der Waals surface area contributed by atoms with Gasteiger partial charge in [0.2, 0.25) is 0 Å². The summed E-state index contributed by atoms with van der Waals surface area (Å²) in [5.41, 5.74) is 0.0768. The molecule has 0 fully saturated rings. The molecule has 2 aromatic rings. The standard InChI is InChI=1S/C12H8F4N2/c1-7-9(10-4-2-8(13)6-17-10)3-5-11(18-7)12(14,15)16/h2-6H,1H3. The van der Waals surface area contributed by atoms with E-state index in [2.05, 4.69) is 9.97 Å². The van der Waals surface area contributed by atoms with E-state index in [1.54, 1.807) is 0 Å². The van der Waals surface area contributed by atoms with Crippen LogP contribution in [-0.4, -0.2) is 9.97 Å². The smallest absolute Gasteiger partial charge is 0.253 e. The molecule has 0 spiro atoms. The highest BCUT2D eigenvalue weighted by Crippen LogP contribution is 2.30. The molecular weight excluding hydrogens is 248 g/mol. The zero-order valence-electron chi connectivity index (χ0n) is 9.29. The number of nitrogens with zero attached hydrogens (tertiary/aromatic N) is 2. The maximum Gasteiger partial charge on any atom is 0.433 e. The molecule has 0 bridgehead atoms. The minimum Gasteiger partial charge on any atom is -0.253 e. The van der Waals surface area contributed by atoms with Crippen molar-refractivity contribution < 1.29 is 17.6 Å². The maximum absolute atomic E-state index is 12.7. The zero-order chi connectivity index (χ0) is 13.3. The van der Waals surface area contributed by atoms with Gasteiger partial charge in [-0.1, -0.05) is 0 Å². The van der Waals surface area contributed by atoms with Gasteiger partial charge in [0.05, 0.1) is 11.9 Å². The number of aromatic nitrogens is 2. The Labute approximate surface area is 100 Å². The summed E-state index contributed by atoms with van der Waals surface area (Å²) in [5, 5.41) is 0. The van der Waals surface area contributed by atoms with E-state index in [1.807, 2.05) is 0 Å². The van der Waals surface area contributed by atoms with Gasteiger partial charge in [0.25, 0.3) is 0 Å². The fourth-order valence-corrected chi connectivity index (χ4v) is 1.52. The van der Waals surface area contributed by atoms with Crippen LogP contribution in [0.2, 0.25) is 0 Å². The van der Waals surface area contributed by atoms with Gasteiger partial charge in [0, 0.05) is 11.3 Å². The lowest BCUT2D eigenvalue weighted by Gasteiger charge is -2.09. The van der Waals surface area contributed by atoms with Gasteiger partial charge in [-0.2, -0.15) is 13.2 Å². The van der Waals surface area contributed by atoms with Crippen molar-refractivity contribution in [3.8, 4) is 11.3 Å². The average molecular weight is 256 g/mol. The maximum atomic E-state index is 12.7. The molecule has 2 aromatic heterocycles. The van der Waals surface area contributed by atoms with Crippen LogP contribution >= 0.6 is 0 Å². The lowest BCUT2D eigenvalue weighted by atomic mass is 10.1. The van der Waals surface area contributed by atoms with Gasteiger partial charge < -0.3 is 0 Å². The van der Waals surface area contributed by atoms with Crippen LogP contribution in [0, 0.1) is 12.7 Å². The molecule has 0 amide bonds. The minimum absolute atomic E-state index is 0.198. The molecular formula is C12H8F4N2. The molecule has 0 aliphatic heterocycles. The van der Waals surface area contributed by atoms with Crippen LogP contribution in [0.4, 0.5) is 17.6 Å². The van der Waals surface area contributed by atoms with Crippen molar-refractivity contribution in [1.82, 2.24) is 9.97 Å². The molecule has 2 nitrogen and oxygen atoms in total. The molecule has 18 heavy (non-hydrogen) atoms. The first-order valence-electron chi connectivity index (χ1n) is 5.04. The van der Waals surface area contributed by atoms with Crippen molar-refractivity contribution in [3.63, 3.8) is 0 Å². The third kappa shape index (κ3) is 2.47. The van der Waals surface area contributed by atoms with E-state index in [0.29, 0.717) is 11.3 Å². The third-order valence-corrected chi connectivity index (χ3v) is 2.38. The predicted molar refractivity (Wildman–Crippen MR) is 57.2 cm³/mol. The number of hydrogen-bond acceptors (Lipinski definition) is 2. The first-order chi connectivity index (χ1) is 8.38. The predicted octanol–water partition coefficient (Wildman–Crippen LogP) is 3.61. The number of hydrogen-bond donors (Lipinski definition) is 0. The highest BCUT2D eigenvalue weighted by atomic mass is 19.4. The molecule has 2 heterocycles. The fraction of sp³-hybridized carbons (Fsp3) is 0.167. The van der Waals surface area contributed by atoms with Gasteiger partial charge >= 0.3 is 6.18 Å². The van der Waals surface area contributed by atoms with E-state index in [-0.39, 0.29) is 5.69 Å². The quantitative estimate of drug-likeness (QED) is 0.728. The van der Waals surface area contributed by atoms with Crippen molar-refractivity contribution >= 4 is 0 Å². The van der Waals surface area contributed by atoms with E-state index >= 15 is 0 Å². The molecule has 0 atom stereocenters. The molecule has 0 saturated heterocycles. The van der Waals surface area contributed by atoms with Gasteiger partial charge in [-0.15, -0.1) is 0 Å². The summed E-state index contributed by atoms with van der Waals surface area (Å²) in [7, 11) is 0. The van der Waals surface area contributed by atoms with Crippen molar-refractivity contribution in [2.75, 3.05) is 0 Å². The number of halogens is 4. The monoisotopic (exact) mass is 256 g/mol. The van der Waals surface area contributed by atoms with Crippen LogP contribution in [0.3, 0.4) is 0 Å².